The zero-order valence-corrected chi connectivity index (χ0v) is 12.8. The lowest BCUT2D eigenvalue weighted by molar-refractivity contribution is -0.141. The van der Waals surface area contributed by atoms with Crippen molar-refractivity contribution in [3.63, 3.8) is 0 Å². The highest BCUT2D eigenvalue weighted by atomic mass is 32.2. The van der Waals surface area contributed by atoms with Crippen molar-refractivity contribution < 1.29 is 22.7 Å². The van der Waals surface area contributed by atoms with Gasteiger partial charge in [-0.1, -0.05) is 36.0 Å². The number of ether oxygens (including phenoxy) is 1. The van der Waals surface area contributed by atoms with Gasteiger partial charge in [-0.25, -0.2) is 9.78 Å². The van der Waals surface area contributed by atoms with Crippen LogP contribution < -0.4 is 0 Å². The van der Waals surface area contributed by atoms with E-state index in [1.165, 1.54) is 19.3 Å². The number of hydrogen-bond acceptors (Lipinski definition) is 4. The van der Waals surface area contributed by atoms with Gasteiger partial charge in [0, 0.05) is 16.5 Å². The number of aromatic nitrogens is 1. The second kappa shape index (κ2) is 7.32. The average molecular weight is 339 g/mol. The van der Waals surface area contributed by atoms with E-state index in [1.54, 1.807) is 24.3 Å². The quantitative estimate of drug-likeness (QED) is 0.610. The van der Waals surface area contributed by atoms with Gasteiger partial charge in [-0.2, -0.15) is 13.2 Å². The molecule has 0 fully saturated rings. The number of hydrogen-bond donors (Lipinski definition) is 0. The molecule has 3 nitrogen and oxygen atoms in total. The zero-order chi connectivity index (χ0) is 16.9. The van der Waals surface area contributed by atoms with Gasteiger partial charge in [0.15, 0.2) is 0 Å². The Hall–Kier alpha value is -2.28. The Balaban J connectivity index is 2.41. The Morgan fingerprint density at radius 2 is 1.87 bits per heavy atom. The van der Waals surface area contributed by atoms with E-state index in [2.05, 4.69) is 9.72 Å². The van der Waals surface area contributed by atoms with Crippen LogP contribution in [0.4, 0.5) is 13.2 Å². The largest absolute Gasteiger partial charge is 0.466 e. The Labute approximate surface area is 135 Å². The molecular formula is C16H12F3NO2S. The van der Waals surface area contributed by atoms with Crippen LogP contribution in [-0.2, 0) is 15.7 Å². The third-order valence-electron chi connectivity index (χ3n) is 2.74. The van der Waals surface area contributed by atoms with Crippen LogP contribution in [0.2, 0.25) is 0 Å². The number of carbonyl (C=O) groups is 1. The number of nitrogens with zero attached hydrogens (tertiary/aromatic N) is 1. The normalized spacial score (nSPS) is 11.7. The van der Waals surface area contributed by atoms with Crippen LogP contribution in [0.5, 0.6) is 0 Å². The summed E-state index contributed by atoms with van der Waals surface area (Å²) in [5.41, 5.74) is -0.580. The summed E-state index contributed by atoms with van der Waals surface area (Å²) < 4.78 is 43.0. The molecule has 0 saturated carbocycles. The highest BCUT2D eigenvalue weighted by Crippen LogP contribution is 2.34. The molecular weight excluding hydrogens is 327 g/mol. The van der Waals surface area contributed by atoms with Crippen LogP contribution in [0.3, 0.4) is 0 Å². The molecule has 0 unspecified atom stereocenters. The number of halogens is 3. The molecule has 0 spiro atoms. The van der Waals surface area contributed by atoms with E-state index in [1.807, 2.05) is 6.07 Å². The predicted octanol–water partition coefficient (Wildman–Crippen LogP) is 4.44. The van der Waals surface area contributed by atoms with Crippen molar-refractivity contribution in [2.24, 2.45) is 0 Å². The summed E-state index contributed by atoms with van der Waals surface area (Å²) in [6.45, 7) is 0. The van der Waals surface area contributed by atoms with Gasteiger partial charge < -0.3 is 4.74 Å². The maximum atomic E-state index is 12.8. The fourth-order valence-electron chi connectivity index (χ4n) is 1.64. The molecule has 0 N–H and O–H groups in total. The minimum atomic E-state index is -4.53. The number of methoxy groups -OCH3 is 1. The van der Waals surface area contributed by atoms with Gasteiger partial charge >= 0.3 is 12.1 Å². The number of benzene rings is 1. The van der Waals surface area contributed by atoms with Gasteiger partial charge in [-0.3, -0.25) is 0 Å². The Morgan fingerprint density at radius 3 is 2.48 bits per heavy atom. The molecule has 0 aliphatic heterocycles. The summed E-state index contributed by atoms with van der Waals surface area (Å²) in [6, 6.07) is 11.1. The highest BCUT2D eigenvalue weighted by Gasteiger charge is 2.33. The van der Waals surface area contributed by atoms with E-state index >= 15 is 0 Å². The van der Waals surface area contributed by atoms with Crippen LogP contribution in [0.1, 0.15) is 11.3 Å². The summed E-state index contributed by atoms with van der Waals surface area (Å²) >= 11 is 1.09. The van der Waals surface area contributed by atoms with Gasteiger partial charge in [-0.05, 0) is 24.3 Å². The van der Waals surface area contributed by atoms with Crippen LogP contribution in [0.25, 0.3) is 6.08 Å². The highest BCUT2D eigenvalue weighted by molar-refractivity contribution is 7.99. The first-order chi connectivity index (χ1) is 10.9. The van der Waals surface area contributed by atoms with Crippen LogP contribution >= 0.6 is 11.8 Å². The Kier molecular flexibility index (Phi) is 5.44. The van der Waals surface area contributed by atoms with Crippen molar-refractivity contribution in [2.75, 3.05) is 7.11 Å². The molecule has 2 rings (SSSR count). The maximum Gasteiger partial charge on any atom is 0.433 e. The molecule has 1 aromatic carbocycles. The van der Waals surface area contributed by atoms with Crippen molar-refractivity contribution in [2.45, 2.75) is 16.1 Å². The Bertz CT molecular complexity index is 715. The standard InChI is InChI=1S/C16H12F3NO2S/c1-22-14(21)10-8-11-7-9-13(16(17,18)19)20-15(11)23-12-5-3-2-4-6-12/h2-10H,1H3. The second-order valence-corrected chi connectivity index (χ2v) is 5.42. The summed E-state index contributed by atoms with van der Waals surface area (Å²) in [7, 11) is 1.22. The lowest BCUT2D eigenvalue weighted by Gasteiger charge is -2.10. The lowest BCUT2D eigenvalue weighted by Crippen LogP contribution is -2.08. The van der Waals surface area contributed by atoms with Crippen LogP contribution in [-0.4, -0.2) is 18.1 Å². The maximum absolute atomic E-state index is 12.8. The van der Waals surface area contributed by atoms with E-state index in [9.17, 15) is 18.0 Å². The van der Waals surface area contributed by atoms with Crippen molar-refractivity contribution in [3.05, 3.63) is 59.8 Å². The topological polar surface area (TPSA) is 39.2 Å². The molecule has 0 amide bonds. The van der Waals surface area contributed by atoms with E-state index in [-0.39, 0.29) is 5.03 Å². The molecule has 0 saturated heterocycles. The van der Waals surface area contributed by atoms with Gasteiger partial charge in [0.05, 0.1) is 7.11 Å². The van der Waals surface area contributed by atoms with Crippen molar-refractivity contribution in [3.8, 4) is 0 Å². The summed E-state index contributed by atoms with van der Waals surface area (Å²) in [5.74, 6) is -0.597. The monoisotopic (exact) mass is 339 g/mol. The van der Waals surface area contributed by atoms with E-state index in [0.717, 1.165) is 28.8 Å². The number of alkyl halides is 3. The van der Waals surface area contributed by atoms with E-state index in [4.69, 9.17) is 0 Å². The first-order valence-corrected chi connectivity index (χ1v) is 7.29. The molecule has 7 heteroatoms. The first-order valence-electron chi connectivity index (χ1n) is 6.47. The minimum absolute atomic E-state index is 0.158. The lowest BCUT2D eigenvalue weighted by atomic mass is 10.2. The molecule has 0 bridgehead atoms. The molecule has 0 aliphatic rings. The molecule has 1 aromatic heterocycles. The van der Waals surface area contributed by atoms with Crippen molar-refractivity contribution >= 4 is 23.8 Å². The van der Waals surface area contributed by atoms with Crippen molar-refractivity contribution in [1.82, 2.24) is 4.98 Å². The number of carbonyl (C=O) groups excluding carboxylic acids is 1. The first kappa shape index (κ1) is 17.1. The fourth-order valence-corrected chi connectivity index (χ4v) is 2.56. The molecule has 0 radical (unpaired) electrons. The van der Waals surface area contributed by atoms with Gasteiger partial charge in [0.2, 0.25) is 0 Å². The third-order valence-corrected chi connectivity index (χ3v) is 3.77. The molecule has 23 heavy (non-hydrogen) atoms. The van der Waals surface area contributed by atoms with Gasteiger partial charge in [0.1, 0.15) is 10.7 Å². The number of pyridine rings is 1. The predicted molar refractivity (Wildman–Crippen MR) is 80.9 cm³/mol. The smallest absolute Gasteiger partial charge is 0.433 e. The average Bonchev–Trinajstić information content (AvgIpc) is 2.53. The summed E-state index contributed by atoms with van der Waals surface area (Å²) in [5, 5.41) is 0.158. The third kappa shape index (κ3) is 4.85. The van der Waals surface area contributed by atoms with E-state index < -0.39 is 17.8 Å². The summed E-state index contributed by atoms with van der Waals surface area (Å²) in [4.78, 5) is 15.6. The molecule has 2 aromatic rings. The minimum Gasteiger partial charge on any atom is -0.466 e. The number of esters is 1. The SMILES string of the molecule is COC(=O)C=Cc1ccc(C(F)(F)F)nc1Sc1ccccc1. The molecule has 1 heterocycles. The molecule has 0 atom stereocenters. The molecule has 0 aliphatic carbocycles. The van der Waals surface area contributed by atoms with E-state index in [0.29, 0.717) is 5.56 Å². The molecule has 120 valence electrons. The second-order valence-electron chi connectivity index (χ2n) is 4.36. The zero-order valence-electron chi connectivity index (χ0n) is 12.0. The van der Waals surface area contributed by atoms with Crippen LogP contribution in [0, 0.1) is 0 Å². The van der Waals surface area contributed by atoms with Crippen molar-refractivity contribution in [1.29, 1.82) is 0 Å². The van der Waals surface area contributed by atoms with Crippen LogP contribution in [0.15, 0.2) is 58.5 Å². The van der Waals surface area contributed by atoms with Gasteiger partial charge in [0.25, 0.3) is 0 Å². The summed E-state index contributed by atoms with van der Waals surface area (Å²) in [6.07, 6.45) is -2.01. The fraction of sp³-hybridized carbons (Fsp3) is 0.125. The Morgan fingerprint density at radius 1 is 1.17 bits per heavy atom. The number of rotatable bonds is 4. The van der Waals surface area contributed by atoms with Gasteiger partial charge in [-0.15, -0.1) is 0 Å².